The van der Waals surface area contributed by atoms with Crippen molar-refractivity contribution in [1.29, 1.82) is 0 Å². The van der Waals surface area contributed by atoms with Crippen LogP contribution in [0.15, 0.2) is 60.0 Å². The number of piperazine rings is 1. The first-order valence-electron chi connectivity index (χ1n) is 8.51. The van der Waals surface area contributed by atoms with Crippen molar-refractivity contribution < 1.29 is 9.18 Å². The van der Waals surface area contributed by atoms with Gasteiger partial charge in [-0.1, -0.05) is 30.3 Å². The molecule has 0 bridgehead atoms. The third-order valence-electron chi connectivity index (χ3n) is 4.50. The molecule has 0 spiro atoms. The standard InChI is InChI=1S/C20H18FN3OS/c21-16-6-8-17(9-7-16)23-10-12-24(13-11-23)20(25)18-14-26-19(22-18)15-4-2-1-3-5-15/h1-9,14H,10-13H2. The van der Waals surface area contributed by atoms with Crippen LogP contribution in [-0.4, -0.2) is 42.0 Å². The highest BCUT2D eigenvalue weighted by Gasteiger charge is 2.24. The maximum atomic E-state index is 13.1. The molecule has 2 aromatic carbocycles. The van der Waals surface area contributed by atoms with Crippen LogP contribution in [-0.2, 0) is 0 Å². The molecule has 0 N–H and O–H groups in total. The molecule has 0 saturated carbocycles. The number of benzene rings is 2. The predicted octanol–water partition coefficient (Wildman–Crippen LogP) is 3.91. The van der Waals surface area contributed by atoms with E-state index < -0.39 is 0 Å². The fourth-order valence-corrected chi connectivity index (χ4v) is 3.87. The van der Waals surface area contributed by atoms with Gasteiger partial charge in [0.25, 0.3) is 5.91 Å². The van der Waals surface area contributed by atoms with Crippen LogP contribution in [0.25, 0.3) is 10.6 Å². The molecule has 1 aliphatic rings. The Bertz CT molecular complexity index is 887. The Kier molecular flexibility index (Phi) is 4.67. The van der Waals surface area contributed by atoms with Gasteiger partial charge in [0.1, 0.15) is 16.5 Å². The van der Waals surface area contributed by atoms with Crippen molar-refractivity contribution in [2.24, 2.45) is 0 Å². The van der Waals surface area contributed by atoms with Crippen LogP contribution >= 0.6 is 11.3 Å². The van der Waals surface area contributed by atoms with Crippen molar-refractivity contribution in [3.8, 4) is 10.6 Å². The summed E-state index contributed by atoms with van der Waals surface area (Å²) in [5.41, 5.74) is 2.51. The smallest absolute Gasteiger partial charge is 0.273 e. The van der Waals surface area contributed by atoms with Gasteiger partial charge in [-0.3, -0.25) is 4.79 Å². The van der Waals surface area contributed by atoms with Crippen LogP contribution < -0.4 is 4.90 Å². The van der Waals surface area contributed by atoms with Gasteiger partial charge in [0, 0.05) is 42.8 Å². The Hall–Kier alpha value is -2.73. The van der Waals surface area contributed by atoms with Crippen LogP contribution in [0, 0.1) is 5.82 Å². The largest absolute Gasteiger partial charge is 0.368 e. The topological polar surface area (TPSA) is 36.4 Å². The first-order valence-corrected chi connectivity index (χ1v) is 9.39. The van der Waals surface area contributed by atoms with Gasteiger partial charge in [-0.2, -0.15) is 0 Å². The summed E-state index contributed by atoms with van der Waals surface area (Å²) in [6.07, 6.45) is 0. The van der Waals surface area contributed by atoms with E-state index in [0.29, 0.717) is 18.8 Å². The van der Waals surface area contributed by atoms with Crippen molar-refractivity contribution in [3.63, 3.8) is 0 Å². The molecule has 1 aromatic heterocycles. The molecular formula is C20H18FN3OS. The lowest BCUT2D eigenvalue weighted by atomic mass is 10.2. The predicted molar refractivity (Wildman–Crippen MR) is 102 cm³/mol. The molecule has 2 heterocycles. The Morgan fingerprint density at radius 2 is 1.65 bits per heavy atom. The first-order chi connectivity index (χ1) is 12.7. The molecule has 1 amide bonds. The summed E-state index contributed by atoms with van der Waals surface area (Å²) in [6, 6.07) is 16.4. The van der Waals surface area contributed by atoms with Crippen molar-refractivity contribution in [1.82, 2.24) is 9.88 Å². The van der Waals surface area contributed by atoms with E-state index >= 15 is 0 Å². The fraction of sp³-hybridized carbons (Fsp3) is 0.200. The second-order valence-electron chi connectivity index (χ2n) is 6.16. The molecule has 0 unspecified atom stereocenters. The zero-order chi connectivity index (χ0) is 17.9. The summed E-state index contributed by atoms with van der Waals surface area (Å²) >= 11 is 1.49. The zero-order valence-corrected chi connectivity index (χ0v) is 15.0. The van der Waals surface area contributed by atoms with Crippen LogP contribution in [0.4, 0.5) is 10.1 Å². The molecule has 26 heavy (non-hydrogen) atoms. The number of aromatic nitrogens is 1. The second kappa shape index (κ2) is 7.25. The van der Waals surface area contributed by atoms with Gasteiger partial charge < -0.3 is 9.80 Å². The quantitative estimate of drug-likeness (QED) is 0.704. The lowest BCUT2D eigenvalue weighted by Crippen LogP contribution is -2.48. The third-order valence-corrected chi connectivity index (χ3v) is 5.39. The second-order valence-corrected chi connectivity index (χ2v) is 7.02. The number of anilines is 1. The summed E-state index contributed by atoms with van der Waals surface area (Å²) in [7, 11) is 0. The molecule has 1 fully saturated rings. The Balaban J connectivity index is 1.41. The van der Waals surface area contributed by atoms with Gasteiger partial charge in [-0.05, 0) is 24.3 Å². The molecular weight excluding hydrogens is 349 g/mol. The van der Waals surface area contributed by atoms with Crippen molar-refractivity contribution in [3.05, 3.63) is 71.5 Å². The van der Waals surface area contributed by atoms with E-state index in [-0.39, 0.29) is 11.7 Å². The Morgan fingerprint density at radius 1 is 0.962 bits per heavy atom. The number of rotatable bonds is 3. The summed E-state index contributed by atoms with van der Waals surface area (Å²) in [5.74, 6) is -0.262. The fourth-order valence-electron chi connectivity index (χ4n) is 3.07. The maximum Gasteiger partial charge on any atom is 0.273 e. The number of amides is 1. The van der Waals surface area contributed by atoms with E-state index in [9.17, 15) is 9.18 Å². The molecule has 4 rings (SSSR count). The molecule has 1 aliphatic heterocycles. The van der Waals surface area contributed by atoms with E-state index in [1.54, 1.807) is 12.1 Å². The Labute approximate surface area is 155 Å². The van der Waals surface area contributed by atoms with Crippen molar-refractivity contribution in [2.75, 3.05) is 31.1 Å². The van der Waals surface area contributed by atoms with Crippen LogP contribution in [0.1, 0.15) is 10.5 Å². The van der Waals surface area contributed by atoms with E-state index in [1.807, 2.05) is 40.6 Å². The summed E-state index contributed by atoms with van der Waals surface area (Å²) < 4.78 is 13.1. The molecule has 1 saturated heterocycles. The summed E-state index contributed by atoms with van der Waals surface area (Å²) in [4.78, 5) is 21.3. The monoisotopic (exact) mass is 367 g/mol. The molecule has 0 aliphatic carbocycles. The van der Waals surface area contributed by atoms with E-state index in [1.165, 1.54) is 23.5 Å². The van der Waals surface area contributed by atoms with E-state index in [2.05, 4.69) is 9.88 Å². The summed E-state index contributed by atoms with van der Waals surface area (Å²) in [6.45, 7) is 2.73. The highest BCUT2D eigenvalue weighted by atomic mass is 32.1. The van der Waals surface area contributed by atoms with Gasteiger partial charge in [-0.25, -0.2) is 9.37 Å². The number of carbonyl (C=O) groups is 1. The zero-order valence-electron chi connectivity index (χ0n) is 14.1. The number of halogens is 1. The number of hydrogen-bond acceptors (Lipinski definition) is 4. The molecule has 3 aromatic rings. The number of hydrogen-bond donors (Lipinski definition) is 0. The molecule has 6 heteroatoms. The highest BCUT2D eigenvalue weighted by molar-refractivity contribution is 7.13. The number of nitrogens with zero attached hydrogens (tertiary/aromatic N) is 3. The SMILES string of the molecule is O=C(c1csc(-c2ccccc2)n1)N1CCN(c2ccc(F)cc2)CC1. The highest BCUT2D eigenvalue weighted by Crippen LogP contribution is 2.24. The number of thiazole rings is 1. The molecule has 0 radical (unpaired) electrons. The van der Waals surface area contributed by atoms with Gasteiger partial charge >= 0.3 is 0 Å². The average molecular weight is 367 g/mol. The van der Waals surface area contributed by atoms with E-state index in [4.69, 9.17) is 0 Å². The lowest BCUT2D eigenvalue weighted by molar-refractivity contribution is 0.0742. The normalized spacial score (nSPS) is 14.5. The third kappa shape index (κ3) is 3.46. The lowest BCUT2D eigenvalue weighted by Gasteiger charge is -2.35. The minimum Gasteiger partial charge on any atom is -0.368 e. The van der Waals surface area contributed by atoms with Gasteiger partial charge in [0.15, 0.2) is 0 Å². The van der Waals surface area contributed by atoms with Gasteiger partial charge in [0.2, 0.25) is 0 Å². The minimum absolute atomic E-state index is 0.0258. The molecule has 0 atom stereocenters. The summed E-state index contributed by atoms with van der Waals surface area (Å²) in [5, 5.41) is 2.69. The van der Waals surface area contributed by atoms with E-state index in [0.717, 1.165) is 29.3 Å². The minimum atomic E-state index is -0.236. The van der Waals surface area contributed by atoms with Crippen LogP contribution in [0.3, 0.4) is 0 Å². The first kappa shape index (κ1) is 16.7. The van der Waals surface area contributed by atoms with Crippen molar-refractivity contribution in [2.45, 2.75) is 0 Å². The maximum absolute atomic E-state index is 13.1. The van der Waals surface area contributed by atoms with Crippen LogP contribution in [0.5, 0.6) is 0 Å². The Morgan fingerprint density at radius 3 is 2.35 bits per heavy atom. The molecule has 4 nitrogen and oxygen atoms in total. The van der Waals surface area contributed by atoms with Crippen LogP contribution in [0.2, 0.25) is 0 Å². The molecule has 132 valence electrons. The van der Waals surface area contributed by atoms with Gasteiger partial charge in [-0.15, -0.1) is 11.3 Å². The van der Waals surface area contributed by atoms with Gasteiger partial charge in [0.05, 0.1) is 0 Å². The number of carbonyl (C=O) groups excluding carboxylic acids is 1. The average Bonchev–Trinajstić information content (AvgIpc) is 3.19. The van der Waals surface area contributed by atoms with Crippen molar-refractivity contribution >= 4 is 22.9 Å².